The van der Waals surface area contributed by atoms with E-state index in [-0.39, 0.29) is 11.3 Å². The Hall–Kier alpha value is -2.18. The number of phenolic OH excluding ortho intramolecular Hbond substituents is 1. The van der Waals surface area contributed by atoms with E-state index in [1.807, 2.05) is 0 Å². The zero-order chi connectivity index (χ0) is 12.3. The van der Waals surface area contributed by atoms with E-state index in [0.717, 1.165) is 18.2 Å². The monoisotopic (exact) mass is 231 g/mol. The van der Waals surface area contributed by atoms with Crippen molar-refractivity contribution in [2.45, 2.75) is 6.43 Å². The van der Waals surface area contributed by atoms with Gasteiger partial charge in [-0.15, -0.1) is 0 Å². The summed E-state index contributed by atoms with van der Waals surface area (Å²) in [7, 11) is 0. The van der Waals surface area contributed by atoms with Crippen LogP contribution in [0.3, 0.4) is 0 Å². The molecule has 0 aliphatic rings. The number of halogens is 2. The highest BCUT2D eigenvalue weighted by Gasteiger charge is 2.17. The summed E-state index contributed by atoms with van der Waals surface area (Å²) in [6.07, 6.45) is -3.24. The van der Waals surface area contributed by atoms with E-state index < -0.39 is 24.1 Å². The summed E-state index contributed by atoms with van der Waals surface area (Å²) < 4.78 is 23.8. The van der Waals surface area contributed by atoms with Gasteiger partial charge in [-0.1, -0.05) is 0 Å². The van der Waals surface area contributed by atoms with Gasteiger partial charge >= 0.3 is 12.4 Å². The molecule has 0 unspecified atom stereocenters. The molecule has 0 spiro atoms. The zero-order valence-electron chi connectivity index (χ0n) is 7.78. The minimum absolute atomic E-state index is 0.234. The van der Waals surface area contributed by atoms with E-state index in [1.54, 1.807) is 5.32 Å². The number of anilines is 1. The molecule has 0 bridgehead atoms. The smallest absolute Gasteiger partial charge is 0.335 e. The lowest BCUT2D eigenvalue weighted by molar-refractivity contribution is -0.126. The summed E-state index contributed by atoms with van der Waals surface area (Å²) in [6.45, 7) is 0. The van der Waals surface area contributed by atoms with Crippen LogP contribution < -0.4 is 5.32 Å². The van der Waals surface area contributed by atoms with Crippen LogP contribution in [0.25, 0.3) is 0 Å². The lowest BCUT2D eigenvalue weighted by atomic mass is 10.2. The summed E-state index contributed by atoms with van der Waals surface area (Å²) in [5.41, 5.74) is -0.604. The molecule has 1 amide bonds. The Bertz CT molecular complexity index is 434. The molecule has 0 atom stereocenters. The van der Waals surface area contributed by atoms with E-state index in [4.69, 9.17) is 5.11 Å². The number of carbonyl (C=O) groups is 2. The number of rotatable bonds is 3. The first-order valence-corrected chi connectivity index (χ1v) is 4.07. The summed E-state index contributed by atoms with van der Waals surface area (Å²) in [5.74, 6) is -3.40. The Kier molecular flexibility index (Phi) is 3.39. The molecule has 86 valence electrons. The SMILES string of the molecule is O=C(O)c1ccc(O)c(NC(=O)C(F)F)c1. The molecule has 1 aromatic rings. The van der Waals surface area contributed by atoms with Gasteiger partial charge in [-0.05, 0) is 18.2 Å². The first kappa shape index (κ1) is 11.9. The van der Waals surface area contributed by atoms with Gasteiger partial charge in [0.2, 0.25) is 0 Å². The second kappa shape index (κ2) is 4.56. The van der Waals surface area contributed by atoms with Gasteiger partial charge in [-0.2, -0.15) is 8.78 Å². The fourth-order valence-electron chi connectivity index (χ4n) is 0.956. The summed E-state index contributed by atoms with van der Waals surface area (Å²) in [5, 5.41) is 19.5. The third-order valence-electron chi connectivity index (χ3n) is 1.70. The summed E-state index contributed by atoms with van der Waals surface area (Å²) >= 11 is 0. The van der Waals surface area contributed by atoms with Crippen LogP contribution in [0.2, 0.25) is 0 Å². The topological polar surface area (TPSA) is 86.6 Å². The lowest BCUT2D eigenvalue weighted by Gasteiger charge is -2.07. The number of carboxylic acids is 1. The van der Waals surface area contributed by atoms with Crippen LogP contribution in [-0.4, -0.2) is 28.5 Å². The van der Waals surface area contributed by atoms with Crippen molar-refractivity contribution >= 4 is 17.6 Å². The quantitative estimate of drug-likeness (QED) is 0.684. The Morgan fingerprint density at radius 2 is 1.94 bits per heavy atom. The number of carboxylic acid groups (broad SMARTS) is 1. The van der Waals surface area contributed by atoms with Crippen LogP contribution in [0.1, 0.15) is 10.4 Å². The molecule has 0 aliphatic heterocycles. The Morgan fingerprint density at radius 3 is 2.44 bits per heavy atom. The van der Waals surface area contributed by atoms with Crippen LogP contribution in [-0.2, 0) is 4.79 Å². The van der Waals surface area contributed by atoms with Crippen LogP contribution in [0, 0.1) is 0 Å². The molecule has 0 saturated carbocycles. The van der Waals surface area contributed by atoms with Gasteiger partial charge in [0.05, 0.1) is 11.3 Å². The molecule has 1 aromatic carbocycles. The first-order valence-electron chi connectivity index (χ1n) is 4.07. The van der Waals surface area contributed by atoms with Gasteiger partial charge in [0.15, 0.2) is 0 Å². The molecule has 0 saturated heterocycles. The maximum absolute atomic E-state index is 11.9. The lowest BCUT2D eigenvalue weighted by Crippen LogP contribution is -2.20. The summed E-state index contributed by atoms with van der Waals surface area (Å²) in [4.78, 5) is 21.2. The average Bonchev–Trinajstić information content (AvgIpc) is 2.20. The van der Waals surface area contributed by atoms with E-state index in [2.05, 4.69) is 0 Å². The molecular weight excluding hydrogens is 224 g/mol. The second-order valence-electron chi connectivity index (χ2n) is 2.83. The number of phenols is 1. The normalized spacial score (nSPS) is 10.2. The van der Waals surface area contributed by atoms with Crippen molar-refractivity contribution in [3.63, 3.8) is 0 Å². The van der Waals surface area contributed by atoms with E-state index in [0.29, 0.717) is 0 Å². The minimum atomic E-state index is -3.24. The molecule has 1 rings (SSSR count). The Balaban J connectivity index is 2.99. The molecular formula is C9H7F2NO4. The minimum Gasteiger partial charge on any atom is -0.506 e. The fraction of sp³-hybridized carbons (Fsp3) is 0.111. The Morgan fingerprint density at radius 1 is 1.31 bits per heavy atom. The van der Waals surface area contributed by atoms with Gasteiger partial charge in [0.1, 0.15) is 5.75 Å². The van der Waals surface area contributed by atoms with E-state index in [1.165, 1.54) is 0 Å². The van der Waals surface area contributed by atoms with Crippen molar-refractivity contribution in [1.29, 1.82) is 0 Å². The zero-order valence-corrected chi connectivity index (χ0v) is 7.78. The molecule has 3 N–H and O–H groups in total. The third-order valence-corrected chi connectivity index (χ3v) is 1.70. The highest BCUT2D eigenvalue weighted by molar-refractivity contribution is 5.96. The van der Waals surface area contributed by atoms with Crippen LogP contribution >= 0.6 is 0 Å². The van der Waals surface area contributed by atoms with Crippen molar-refractivity contribution < 1.29 is 28.6 Å². The molecule has 0 aliphatic carbocycles. The van der Waals surface area contributed by atoms with Gasteiger partial charge in [0, 0.05) is 0 Å². The third kappa shape index (κ3) is 2.66. The molecule has 16 heavy (non-hydrogen) atoms. The van der Waals surface area contributed by atoms with Crippen LogP contribution in [0.15, 0.2) is 18.2 Å². The molecule has 5 nitrogen and oxygen atoms in total. The van der Waals surface area contributed by atoms with Crippen molar-refractivity contribution in [2.24, 2.45) is 0 Å². The van der Waals surface area contributed by atoms with Gasteiger partial charge in [-0.3, -0.25) is 4.79 Å². The number of hydrogen-bond acceptors (Lipinski definition) is 3. The van der Waals surface area contributed by atoms with Crippen LogP contribution in [0.5, 0.6) is 5.75 Å². The fourth-order valence-corrected chi connectivity index (χ4v) is 0.956. The van der Waals surface area contributed by atoms with Crippen molar-refractivity contribution in [2.75, 3.05) is 5.32 Å². The predicted octanol–water partition coefficient (Wildman–Crippen LogP) is 1.29. The van der Waals surface area contributed by atoms with E-state index in [9.17, 15) is 23.5 Å². The highest BCUT2D eigenvalue weighted by atomic mass is 19.3. The predicted molar refractivity (Wildman–Crippen MR) is 49.7 cm³/mol. The standard InChI is InChI=1S/C9H7F2NO4/c10-7(11)8(14)12-5-3-4(9(15)16)1-2-6(5)13/h1-3,7,13H,(H,12,14)(H,15,16). The van der Waals surface area contributed by atoms with E-state index >= 15 is 0 Å². The molecule has 0 fully saturated rings. The first-order chi connectivity index (χ1) is 7.41. The number of hydrogen-bond donors (Lipinski definition) is 3. The molecule has 7 heteroatoms. The number of benzene rings is 1. The number of amides is 1. The van der Waals surface area contributed by atoms with Gasteiger partial charge < -0.3 is 15.5 Å². The number of nitrogens with one attached hydrogen (secondary N) is 1. The maximum atomic E-state index is 11.9. The Labute approximate surface area is 88.3 Å². The van der Waals surface area contributed by atoms with Crippen LogP contribution in [0.4, 0.5) is 14.5 Å². The maximum Gasteiger partial charge on any atom is 0.335 e. The highest BCUT2D eigenvalue weighted by Crippen LogP contribution is 2.24. The molecule has 0 heterocycles. The summed E-state index contributed by atoms with van der Waals surface area (Å²) in [6, 6.07) is 2.96. The average molecular weight is 231 g/mol. The van der Waals surface area contributed by atoms with Crippen molar-refractivity contribution in [1.82, 2.24) is 0 Å². The number of alkyl halides is 2. The van der Waals surface area contributed by atoms with Crippen molar-refractivity contribution in [3.8, 4) is 5.75 Å². The van der Waals surface area contributed by atoms with Gasteiger partial charge in [0.25, 0.3) is 5.91 Å². The number of carbonyl (C=O) groups excluding carboxylic acids is 1. The molecule has 0 radical (unpaired) electrons. The second-order valence-corrected chi connectivity index (χ2v) is 2.83. The van der Waals surface area contributed by atoms with Gasteiger partial charge in [-0.25, -0.2) is 4.79 Å². The number of aromatic hydroxyl groups is 1. The van der Waals surface area contributed by atoms with Crippen molar-refractivity contribution in [3.05, 3.63) is 23.8 Å². The molecule has 0 aromatic heterocycles. The largest absolute Gasteiger partial charge is 0.506 e. The number of aromatic carboxylic acids is 1.